The van der Waals surface area contributed by atoms with Crippen molar-refractivity contribution in [1.82, 2.24) is 9.55 Å². The Labute approximate surface area is 207 Å². The molecule has 1 fully saturated rings. The highest BCUT2D eigenvalue weighted by atomic mass is 35.5. The third-order valence-electron chi connectivity index (χ3n) is 6.78. The molecule has 2 aromatic heterocycles. The van der Waals surface area contributed by atoms with Gasteiger partial charge in [-0.25, -0.2) is 4.98 Å². The number of rotatable bonds is 5. The van der Waals surface area contributed by atoms with E-state index in [1.165, 1.54) is 25.3 Å². The lowest BCUT2D eigenvalue weighted by Crippen LogP contribution is -2.33. The highest BCUT2D eigenvalue weighted by molar-refractivity contribution is 6.30. The summed E-state index contributed by atoms with van der Waals surface area (Å²) in [4.78, 5) is 4.04. The normalized spacial score (nSPS) is 24.5. The van der Waals surface area contributed by atoms with Crippen LogP contribution in [0.3, 0.4) is 0 Å². The zero-order chi connectivity index (χ0) is 26.0. The van der Waals surface area contributed by atoms with Gasteiger partial charge in [0.25, 0.3) is 0 Å². The highest BCUT2D eigenvalue weighted by Crippen LogP contribution is 2.65. The number of fused-ring (bicyclic) bond motifs is 5. The number of aliphatic hydroxyl groups is 1. The molecule has 188 valence electrons. The van der Waals surface area contributed by atoms with Crippen LogP contribution >= 0.6 is 11.6 Å². The van der Waals surface area contributed by atoms with Gasteiger partial charge in [-0.2, -0.15) is 18.4 Å². The Morgan fingerprint density at radius 2 is 1.97 bits per heavy atom. The molecule has 1 saturated heterocycles. The first-order valence-corrected chi connectivity index (χ1v) is 11.2. The van der Waals surface area contributed by atoms with Gasteiger partial charge in [0, 0.05) is 25.1 Å². The van der Waals surface area contributed by atoms with E-state index >= 15 is 0 Å². The monoisotopic (exact) mass is 521 g/mol. The molecule has 5 rings (SSSR count). The molecule has 2 bridgehead atoms. The topological polar surface area (TPSA) is 121 Å². The lowest BCUT2D eigenvalue weighted by Gasteiger charge is -2.26. The Morgan fingerprint density at radius 3 is 2.61 bits per heavy atom. The van der Waals surface area contributed by atoms with E-state index in [9.17, 15) is 28.5 Å². The van der Waals surface area contributed by atoms with Gasteiger partial charge in [0.05, 0.1) is 51.7 Å². The fourth-order valence-electron chi connectivity index (χ4n) is 5.14. The van der Waals surface area contributed by atoms with Gasteiger partial charge >= 0.3 is 6.18 Å². The average Bonchev–Trinajstić information content (AvgIpc) is 3.35. The van der Waals surface area contributed by atoms with Gasteiger partial charge in [-0.3, -0.25) is 4.57 Å². The SMILES string of the molecule is C[C@]12O[C@](CCOc3ccc(Cl)cn3)(C[C@@H]1O)c1c2c(O)n(-c2ccc(C#N)c(C(F)(F)F)c2)c1O. The lowest BCUT2D eigenvalue weighted by atomic mass is 9.76. The van der Waals surface area contributed by atoms with Gasteiger partial charge in [0.15, 0.2) is 0 Å². The zero-order valence-corrected chi connectivity index (χ0v) is 19.4. The van der Waals surface area contributed by atoms with Crippen LogP contribution in [0.4, 0.5) is 13.2 Å². The van der Waals surface area contributed by atoms with Crippen molar-refractivity contribution in [2.75, 3.05) is 6.61 Å². The van der Waals surface area contributed by atoms with E-state index in [0.29, 0.717) is 11.1 Å². The zero-order valence-electron chi connectivity index (χ0n) is 18.7. The van der Waals surface area contributed by atoms with E-state index < -0.39 is 46.4 Å². The summed E-state index contributed by atoms with van der Waals surface area (Å²) in [7, 11) is 0. The molecule has 3 N–H and O–H groups in total. The fourth-order valence-corrected chi connectivity index (χ4v) is 5.25. The molecule has 4 heterocycles. The molecule has 12 heteroatoms. The Kier molecular flexibility index (Phi) is 5.41. The summed E-state index contributed by atoms with van der Waals surface area (Å²) in [5.41, 5.74) is -4.46. The van der Waals surface area contributed by atoms with Gasteiger partial charge in [-0.15, -0.1) is 0 Å². The lowest BCUT2D eigenvalue weighted by molar-refractivity contribution is -0.137. The number of benzene rings is 1. The molecule has 3 atom stereocenters. The van der Waals surface area contributed by atoms with Crippen LogP contribution in [-0.4, -0.2) is 37.6 Å². The Bertz CT molecular complexity index is 1400. The minimum absolute atomic E-state index is 0.0529. The second-order valence-electron chi connectivity index (χ2n) is 8.91. The molecule has 8 nitrogen and oxygen atoms in total. The molecule has 2 aliphatic rings. The van der Waals surface area contributed by atoms with Crippen molar-refractivity contribution in [3.8, 4) is 29.4 Å². The van der Waals surface area contributed by atoms with Gasteiger partial charge in [0.1, 0.15) is 11.2 Å². The van der Waals surface area contributed by atoms with Gasteiger partial charge in [-0.05, 0) is 31.2 Å². The predicted octanol–water partition coefficient (Wildman–Crippen LogP) is 4.50. The summed E-state index contributed by atoms with van der Waals surface area (Å²) in [5, 5.41) is 42.5. The van der Waals surface area contributed by atoms with Crippen LogP contribution in [0, 0.1) is 11.3 Å². The van der Waals surface area contributed by atoms with Crippen molar-refractivity contribution in [1.29, 1.82) is 5.26 Å². The third-order valence-corrected chi connectivity index (χ3v) is 7.01. The maximum atomic E-state index is 13.5. The molecule has 2 aliphatic heterocycles. The van der Waals surface area contributed by atoms with Crippen LogP contribution in [0.25, 0.3) is 5.69 Å². The molecule has 0 amide bonds. The van der Waals surface area contributed by atoms with Crippen molar-refractivity contribution >= 4 is 11.6 Å². The Hall–Kier alpha value is -3.46. The predicted molar refractivity (Wildman–Crippen MR) is 119 cm³/mol. The second kappa shape index (κ2) is 8.03. The number of aromatic nitrogens is 2. The molecule has 1 aromatic carbocycles. The number of aliphatic hydroxyl groups excluding tert-OH is 1. The Morgan fingerprint density at radius 1 is 1.25 bits per heavy atom. The maximum absolute atomic E-state index is 13.5. The molecule has 36 heavy (non-hydrogen) atoms. The van der Waals surface area contributed by atoms with E-state index in [1.54, 1.807) is 12.1 Å². The number of nitriles is 1. The number of aromatic hydroxyl groups is 2. The molecule has 0 radical (unpaired) electrons. The molecular formula is C24H19ClF3N3O5. The van der Waals surface area contributed by atoms with E-state index in [0.717, 1.165) is 10.6 Å². The fraction of sp³-hybridized carbons (Fsp3) is 0.333. The van der Waals surface area contributed by atoms with E-state index in [1.807, 2.05) is 0 Å². The minimum Gasteiger partial charge on any atom is -0.494 e. The number of nitrogens with zero attached hydrogens (tertiary/aromatic N) is 3. The molecule has 0 aliphatic carbocycles. The summed E-state index contributed by atoms with van der Waals surface area (Å²) >= 11 is 5.83. The van der Waals surface area contributed by atoms with Gasteiger partial charge in [-0.1, -0.05) is 11.6 Å². The highest BCUT2D eigenvalue weighted by Gasteiger charge is 2.66. The molecule has 0 spiro atoms. The van der Waals surface area contributed by atoms with Crippen LogP contribution in [0.2, 0.25) is 5.02 Å². The largest absolute Gasteiger partial charge is 0.494 e. The number of halogens is 4. The third kappa shape index (κ3) is 3.48. The first-order chi connectivity index (χ1) is 16.9. The Balaban J connectivity index is 1.56. The van der Waals surface area contributed by atoms with Gasteiger partial charge in [0.2, 0.25) is 17.6 Å². The summed E-state index contributed by atoms with van der Waals surface area (Å²) in [6.45, 7) is 1.59. The molecule has 3 aromatic rings. The van der Waals surface area contributed by atoms with Crippen molar-refractivity contribution in [3.63, 3.8) is 0 Å². The molecule has 0 unspecified atom stereocenters. The smallest absolute Gasteiger partial charge is 0.417 e. The van der Waals surface area contributed by atoms with Crippen molar-refractivity contribution in [2.24, 2.45) is 0 Å². The van der Waals surface area contributed by atoms with Crippen LogP contribution in [0.5, 0.6) is 17.6 Å². The van der Waals surface area contributed by atoms with E-state index in [2.05, 4.69) is 4.98 Å². The van der Waals surface area contributed by atoms with Crippen molar-refractivity contribution in [3.05, 3.63) is 63.8 Å². The first-order valence-electron chi connectivity index (χ1n) is 10.8. The standard InChI is InChI=1S/C24H19ClF3N3O5/c1-22-16(32)9-23(36-22,6-7-35-17-5-3-13(25)11-30-17)19-18(22)20(33)31(21(19)34)14-4-2-12(10-29)15(8-14)24(26,27)28/h2-5,8,11,16,32-34H,6-7,9H2,1H3/t16-,22-,23+/m0/s1. The first kappa shape index (κ1) is 24.2. The molecular weight excluding hydrogens is 503 g/mol. The summed E-state index contributed by atoms with van der Waals surface area (Å²) in [5.74, 6) is -0.804. The second-order valence-corrected chi connectivity index (χ2v) is 9.34. The van der Waals surface area contributed by atoms with E-state index in [4.69, 9.17) is 26.3 Å². The number of alkyl halides is 3. The average molecular weight is 522 g/mol. The summed E-state index contributed by atoms with van der Waals surface area (Å²) < 4.78 is 53.3. The van der Waals surface area contributed by atoms with Crippen LogP contribution in [0.1, 0.15) is 42.0 Å². The van der Waals surface area contributed by atoms with Gasteiger partial charge < -0.3 is 24.8 Å². The van der Waals surface area contributed by atoms with E-state index in [-0.39, 0.29) is 42.1 Å². The summed E-state index contributed by atoms with van der Waals surface area (Å²) in [6.07, 6.45) is -4.29. The maximum Gasteiger partial charge on any atom is 0.417 e. The van der Waals surface area contributed by atoms with Crippen LogP contribution < -0.4 is 4.74 Å². The summed E-state index contributed by atoms with van der Waals surface area (Å²) in [6, 6.07) is 7.49. The number of hydrogen-bond acceptors (Lipinski definition) is 7. The van der Waals surface area contributed by atoms with Crippen molar-refractivity contribution < 1.29 is 38.0 Å². The van der Waals surface area contributed by atoms with Crippen molar-refractivity contribution in [2.45, 2.75) is 43.2 Å². The minimum atomic E-state index is -4.83. The quantitative estimate of drug-likeness (QED) is 0.452. The number of hydrogen-bond donors (Lipinski definition) is 3. The number of pyridine rings is 1. The number of ether oxygens (including phenoxy) is 2. The molecule has 0 saturated carbocycles. The van der Waals surface area contributed by atoms with Crippen LogP contribution in [-0.2, 0) is 22.1 Å². The van der Waals surface area contributed by atoms with Crippen LogP contribution in [0.15, 0.2) is 36.5 Å².